The summed E-state index contributed by atoms with van der Waals surface area (Å²) in [6, 6.07) is 14.0. The van der Waals surface area contributed by atoms with E-state index in [0.29, 0.717) is 5.92 Å². The van der Waals surface area contributed by atoms with Crippen LogP contribution in [-0.2, 0) is 4.79 Å². The van der Waals surface area contributed by atoms with Gasteiger partial charge in [0.1, 0.15) is 0 Å². The Hall–Kier alpha value is -1.87. The van der Waals surface area contributed by atoms with E-state index in [2.05, 4.69) is 29.7 Å². The lowest BCUT2D eigenvalue weighted by atomic mass is 10.0. The van der Waals surface area contributed by atoms with E-state index in [-0.39, 0.29) is 11.9 Å². The Balaban J connectivity index is 1.87. The molecule has 0 spiro atoms. The Morgan fingerprint density at radius 3 is 2.79 bits per heavy atom. The van der Waals surface area contributed by atoms with Gasteiger partial charge in [-0.25, -0.2) is 0 Å². The molecule has 1 heterocycles. The molecule has 0 radical (unpaired) electrons. The van der Waals surface area contributed by atoms with Crippen molar-refractivity contribution in [3.8, 4) is 0 Å². The first-order valence-corrected chi connectivity index (χ1v) is 6.78. The summed E-state index contributed by atoms with van der Waals surface area (Å²) in [6.45, 7) is 3.04. The lowest BCUT2D eigenvalue weighted by Gasteiger charge is -2.16. The Bertz CT molecular complexity index is 603. The number of carbonyl (C=O) groups is 1. The van der Waals surface area contributed by atoms with E-state index >= 15 is 0 Å². The molecule has 2 unspecified atom stereocenters. The molecule has 1 aliphatic rings. The number of amides is 1. The zero-order valence-corrected chi connectivity index (χ0v) is 11.0. The van der Waals surface area contributed by atoms with E-state index in [9.17, 15) is 4.79 Å². The van der Waals surface area contributed by atoms with Gasteiger partial charge < -0.3 is 10.6 Å². The number of nitrogens with one attached hydrogen (secondary N) is 2. The number of benzene rings is 2. The van der Waals surface area contributed by atoms with Crippen LogP contribution in [0, 0.1) is 5.92 Å². The minimum absolute atomic E-state index is 0.0704. The maximum absolute atomic E-state index is 12.3. The molecule has 19 heavy (non-hydrogen) atoms. The molecule has 0 aliphatic carbocycles. The summed E-state index contributed by atoms with van der Waals surface area (Å²) in [5, 5.41) is 8.55. The van der Waals surface area contributed by atoms with Crippen LogP contribution < -0.4 is 10.6 Å². The van der Waals surface area contributed by atoms with Crippen LogP contribution in [0.4, 0.5) is 5.69 Å². The fourth-order valence-corrected chi connectivity index (χ4v) is 2.73. The zero-order valence-electron chi connectivity index (χ0n) is 11.0. The maximum Gasteiger partial charge on any atom is 0.241 e. The van der Waals surface area contributed by atoms with Gasteiger partial charge in [0.05, 0.1) is 6.04 Å². The minimum Gasteiger partial charge on any atom is -0.324 e. The molecule has 0 saturated carbocycles. The molecular weight excluding hydrogens is 236 g/mol. The monoisotopic (exact) mass is 254 g/mol. The molecule has 2 atom stereocenters. The maximum atomic E-state index is 12.3. The molecule has 2 aromatic carbocycles. The summed E-state index contributed by atoms with van der Waals surface area (Å²) in [4.78, 5) is 12.3. The average molecular weight is 254 g/mol. The smallest absolute Gasteiger partial charge is 0.241 e. The van der Waals surface area contributed by atoms with Crippen LogP contribution in [0.3, 0.4) is 0 Å². The van der Waals surface area contributed by atoms with Crippen LogP contribution in [0.5, 0.6) is 0 Å². The van der Waals surface area contributed by atoms with E-state index in [1.165, 1.54) is 0 Å². The molecule has 3 heteroatoms. The summed E-state index contributed by atoms with van der Waals surface area (Å²) in [5.41, 5.74) is 0.893. The highest BCUT2D eigenvalue weighted by Crippen LogP contribution is 2.24. The van der Waals surface area contributed by atoms with Crippen molar-refractivity contribution >= 4 is 22.4 Å². The molecule has 3 nitrogen and oxygen atoms in total. The second-order valence-corrected chi connectivity index (χ2v) is 5.21. The highest BCUT2D eigenvalue weighted by molar-refractivity contribution is 6.03. The standard InChI is InChI=1S/C16H18N2O/c1-11-9-10-17-15(11)16(19)18-14-8-4-6-12-5-2-3-7-13(12)14/h2-8,11,15,17H,9-10H2,1H3,(H,18,19). The van der Waals surface area contributed by atoms with Crippen LogP contribution in [0.15, 0.2) is 42.5 Å². The second kappa shape index (κ2) is 5.02. The molecule has 1 saturated heterocycles. The van der Waals surface area contributed by atoms with Gasteiger partial charge in [-0.15, -0.1) is 0 Å². The number of fused-ring (bicyclic) bond motifs is 1. The molecule has 1 amide bonds. The van der Waals surface area contributed by atoms with Gasteiger partial charge in [-0.1, -0.05) is 43.3 Å². The average Bonchev–Trinajstić information content (AvgIpc) is 2.85. The molecular formula is C16H18N2O. The molecule has 2 aromatic rings. The fourth-order valence-electron chi connectivity index (χ4n) is 2.73. The molecule has 3 rings (SSSR count). The van der Waals surface area contributed by atoms with Gasteiger partial charge in [-0.2, -0.15) is 0 Å². The Labute approximate surface area is 113 Å². The van der Waals surface area contributed by atoms with Gasteiger partial charge in [0, 0.05) is 11.1 Å². The third-order valence-corrected chi connectivity index (χ3v) is 3.86. The van der Waals surface area contributed by atoms with E-state index in [4.69, 9.17) is 0 Å². The van der Waals surface area contributed by atoms with E-state index in [1.807, 2.05) is 30.3 Å². The Kier molecular flexibility index (Phi) is 3.22. The van der Waals surface area contributed by atoms with Crippen LogP contribution in [-0.4, -0.2) is 18.5 Å². The first-order valence-electron chi connectivity index (χ1n) is 6.78. The normalized spacial score (nSPS) is 22.6. The quantitative estimate of drug-likeness (QED) is 0.865. The van der Waals surface area contributed by atoms with Crippen molar-refractivity contribution in [2.75, 3.05) is 11.9 Å². The Morgan fingerprint density at radius 1 is 1.21 bits per heavy atom. The molecule has 1 aliphatic heterocycles. The zero-order chi connectivity index (χ0) is 13.2. The lowest BCUT2D eigenvalue weighted by Crippen LogP contribution is -2.39. The highest BCUT2D eigenvalue weighted by Gasteiger charge is 2.29. The third-order valence-electron chi connectivity index (χ3n) is 3.86. The van der Waals surface area contributed by atoms with Gasteiger partial charge in [0.2, 0.25) is 5.91 Å². The first-order chi connectivity index (χ1) is 9.25. The van der Waals surface area contributed by atoms with E-state index in [0.717, 1.165) is 29.4 Å². The fraction of sp³-hybridized carbons (Fsp3) is 0.312. The van der Waals surface area contributed by atoms with Crippen molar-refractivity contribution in [3.05, 3.63) is 42.5 Å². The highest BCUT2D eigenvalue weighted by atomic mass is 16.2. The topological polar surface area (TPSA) is 41.1 Å². The lowest BCUT2D eigenvalue weighted by molar-refractivity contribution is -0.118. The van der Waals surface area contributed by atoms with Crippen molar-refractivity contribution < 1.29 is 4.79 Å². The van der Waals surface area contributed by atoms with Crippen LogP contribution >= 0.6 is 0 Å². The number of carbonyl (C=O) groups excluding carboxylic acids is 1. The number of rotatable bonds is 2. The van der Waals surface area contributed by atoms with E-state index < -0.39 is 0 Å². The summed E-state index contributed by atoms with van der Waals surface area (Å²) in [5.74, 6) is 0.469. The number of hydrogen-bond donors (Lipinski definition) is 2. The van der Waals surface area contributed by atoms with Gasteiger partial charge in [0.25, 0.3) is 0 Å². The van der Waals surface area contributed by atoms with Crippen LogP contribution in [0.25, 0.3) is 10.8 Å². The predicted octanol–water partition coefficient (Wildman–Crippen LogP) is 2.78. The largest absolute Gasteiger partial charge is 0.324 e. The van der Waals surface area contributed by atoms with Gasteiger partial charge in [-0.05, 0) is 30.3 Å². The molecule has 0 bridgehead atoms. The molecule has 98 valence electrons. The van der Waals surface area contributed by atoms with Gasteiger partial charge in [-0.3, -0.25) is 4.79 Å². The Morgan fingerprint density at radius 2 is 2.00 bits per heavy atom. The van der Waals surface area contributed by atoms with Crippen molar-refractivity contribution in [1.29, 1.82) is 0 Å². The van der Waals surface area contributed by atoms with Crippen LogP contribution in [0.1, 0.15) is 13.3 Å². The predicted molar refractivity (Wildman–Crippen MR) is 78.1 cm³/mol. The number of anilines is 1. The van der Waals surface area contributed by atoms with Gasteiger partial charge >= 0.3 is 0 Å². The summed E-state index contributed by atoms with van der Waals surface area (Å²) in [6.07, 6.45) is 1.06. The first kappa shape index (κ1) is 12.2. The third kappa shape index (κ3) is 2.34. The molecule has 0 aromatic heterocycles. The van der Waals surface area contributed by atoms with Crippen molar-refractivity contribution in [2.24, 2.45) is 5.92 Å². The summed E-state index contributed by atoms with van der Waals surface area (Å²) < 4.78 is 0. The van der Waals surface area contributed by atoms with E-state index in [1.54, 1.807) is 0 Å². The minimum atomic E-state index is -0.0704. The van der Waals surface area contributed by atoms with Crippen molar-refractivity contribution in [2.45, 2.75) is 19.4 Å². The van der Waals surface area contributed by atoms with Gasteiger partial charge in [0.15, 0.2) is 0 Å². The van der Waals surface area contributed by atoms with Crippen LogP contribution in [0.2, 0.25) is 0 Å². The van der Waals surface area contributed by atoms with Crippen molar-refractivity contribution in [3.63, 3.8) is 0 Å². The second-order valence-electron chi connectivity index (χ2n) is 5.21. The summed E-state index contributed by atoms with van der Waals surface area (Å²) >= 11 is 0. The SMILES string of the molecule is CC1CCNC1C(=O)Nc1cccc2ccccc12. The van der Waals surface area contributed by atoms with Crippen molar-refractivity contribution in [1.82, 2.24) is 5.32 Å². The molecule has 2 N–H and O–H groups in total. The number of hydrogen-bond acceptors (Lipinski definition) is 2. The summed E-state index contributed by atoms with van der Waals surface area (Å²) in [7, 11) is 0. The molecule has 1 fully saturated rings.